The third-order valence-electron chi connectivity index (χ3n) is 5.24. The second-order valence-electron chi connectivity index (χ2n) is 7.00. The van der Waals surface area contributed by atoms with Gasteiger partial charge >= 0.3 is 0 Å². The van der Waals surface area contributed by atoms with Gasteiger partial charge in [-0.25, -0.2) is 12.8 Å². The molecule has 0 heterocycles. The summed E-state index contributed by atoms with van der Waals surface area (Å²) in [6, 6.07) is 4.38. The van der Waals surface area contributed by atoms with Crippen molar-refractivity contribution in [2.75, 3.05) is 10.6 Å². The summed E-state index contributed by atoms with van der Waals surface area (Å²) in [6.07, 6.45) is 5.57. The van der Waals surface area contributed by atoms with E-state index in [1.165, 1.54) is 30.7 Å². The fourth-order valence-electron chi connectivity index (χ4n) is 4.12. The molecular formula is C17H23FN2O3S. The fraction of sp³-hybridized carbons (Fsp3) is 0.588. The van der Waals surface area contributed by atoms with Crippen LogP contribution in [-0.4, -0.2) is 32.7 Å². The SMILES string of the molecule is CC(C(=O)NC1CC2CCC1C2)N(c1ccc(F)cc1)S(C)(=O)=O. The average Bonchev–Trinajstić information content (AvgIpc) is 3.10. The van der Waals surface area contributed by atoms with Gasteiger partial charge in [0.1, 0.15) is 11.9 Å². The Morgan fingerprint density at radius 1 is 1.25 bits per heavy atom. The minimum Gasteiger partial charge on any atom is -0.351 e. The first kappa shape index (κ1) is 17.2. The lowest BCUT2D eigenvalue weighted by Crippen LogP contribution is -2.51. The van der Waals surface area contributed by atoms with Crippen LogP contribution in [0.1, 0.15) is 32.6 Å². The summed E-state index contributed by atoms with van der Waals surface area (Å²) in [5, 5.41) is 3.02. The van der Waals surface area contributed by atoms with Crippen molar-refractivity contribution in [2.45, 2.75) is 44.7 Å². The Hall–Kier alpha value is -1.63. The molecule has 2 aliphatic carbocycles. The van der Waals surface area contributed by atoms with Crippen LogP contribution < -0.4 is 9.62 Å². The Labute approximate surface area is 142 Å². The fourth-order valence-corrected chi connectivity index (χ4v) is 5.30. The Kier molecular flexibility index (Phi) is 4.55. The van der Waals surface area contributed by atoms with Gasteiger partial charge in [-0.3, -0.25) is 9.10 Å². The summed E-state index contributed by atoms with van der Waals surface area (Å²) in [6.45, 7) is 1.56. The molecule has 3 rings (SSSR count). The highest BCUT2D eigenvalue weighted by Crippen LogP contribution is 2.44. The highest BCUT2D eigenvalue weighted by molar-refractivity contribution is 7.92. The molecule has 1 amide bonds. The molecule has 7 heteroatoms. The standard InChI is InChI=1S/C17H23FN2O3S/c1-11(17(21)19-16-10-12-3-4-13(16)9-12)20(24(2,22)23)15-7-5-14(18)6-8-15/h5-8,11-13,16H,3-4,9-10H2,1-2H3,(H,19,21). The number of carbonyl (C=O) groups excluding carboxylic acids is 1. The van der Waals surface area contributed by atoms with E-state index >= 15 is 0 Å². The number of halogens is 1. The lowest BCUT2D eigenvalue weighted by atomic mass is 9.95. The highest BCUT2D eigenvalue weighted by atomic mass is 32.2. The van der Waals surface area contributed by atoms with Crippen molar-refractivity contribution >= 4 is 21.6 Å². The summed E-state index contributed by atoms with van der Waals surface area (Å²) in [5.74, 6) is 0.455. The van der Waals surface area contributed by atoms with Crippen LogP contribution in [0.15, 0.2) is 24.3 Å². The van der Waals surface area contributed by atoms with Gasteiger partial charge in [0.15, 0.2) is 0 Å². The minimum atomic E-state index is -3.67. The number of hydrogen-bond acceptors (Lipinski definition) is 3. The molecule has 0 saturated heterocycles. The van der Waals surface area contributed by atoms with Gasteiger partial charge in [0.25, 0.3) is 0 Å². The second kappa shape index (κ2) is 6.35. The quantitative estimate of drug-likeness (QED) is 0.882. The molecule has 1 aromatic rings. The molecule has 2 bridgehead atoms. The number of hydrogen-bond donors (Lipinski definition) is 1. The molecule has 0 radical (unpaired) electrons. The van der Waals surface area contributed by atoms with Crippen molar-refractivity contribution in [3.8, 4) is 0 Å². The minimum absolute atomic E-state index is 0.147. The van der Waals surface area contributed by atoms with Crippen molar-refractivity contribution in [3.63, 3.8) is 0 Å². The highest BCUT2D eigenvalue weighted by Gasteiger charge is 2.41. The van der Waals surface area contributed by atoms with E-state index in [0.29, 0.717) is 11.8 Å². The summed E-state index contributed by atoms with van der Waals surface area (Å²) < 4.78 is 38.5. The first-order valence-corrected chi connectivity index (χ1v) is 10.2. The van der Waals surface area contributed by atoms with E-state index in [1.807, 2.05) is 0 Å². The molecule has 2 aliphatic rings. The molecule has 0 spiro atoms. The molecule has 0 aromatic heterocycles. The van der Waals surface area contributed by atoms with Crippen molar-refractivity contribution in [2.24, 2.45) is 11.8 Å². The predicted octanol–water partition coefficient (Wildman–Crippen LogP) is 2.29. The van der Waals surface area contributed by atoms with Gasteiger partial charge in [-0.05, 0) is 62.3 Å². The Morgan fingerprint density at radius 3 is 2.42 bits per heavy atom. The molecule has 24 heavy (non-hydrogen) atoms. The van der Waals surface area contributed by atoms with Crippen LogP contribution in [0.3, 0.4) is 0 Å². The van der Waals surface area contributed by atoms with Gasteiger partial charge in [-0.2, -0.15) is 0 Å². The van der Waals surface area contributed by atoms with Crippen LogP contribution in [-0.2, 0) is 14.8 Å². The molecule has 0 aliphatic heterocycles. The zero-order valence-electron chi connectivity index (χ0n) is 13.9. The number of nitrogens with one attached hydrogen (secondary N) is 1. The van der Waals surface area contributed by atoms with E-state index in [0.717, 1.165) is 29.8 Å². The van der Waals surface area contributed by atoms with Gasteiger partial charge in [-0.1, -0.05) is 6.42 Å². The monoisotopic (exact) mass is 354 g/mol. The normalized spacial score (nSPS) is 27.0. The van der Waals surface area contributed by atoms with Gasteiger partial charge in [0, 0.05) is 6.04 Å². The summed E-state index contributed by atoms with van der Waals surface area (Å²) in [4.78, 5) is 12.6. The van der Waals surface area contributed by atoms with E-state index in [2.05, 4.69) is 5.32 Å². The molecule has 4 unspecified atom stereocenters. The van der Waals surface area contributed by atoms with Crippen molar-refractivity contribution in [1.29, 1.82) is 0 Å². The van der Waals surface area contributed by atoms with Crippen LogP contribution >= 0.6 is 0 Å². The van der Waals surface area contributed by atoms with Crippen LogP contribution in [0.25, 0.3) is 0 Å². The Morgan fingerprint density at radius 2 is 1.92 bits per heavy atom. The van der Waals surface area contributed by atoms with Crippen molar-refractivity contribution in [1.82, 2.24) is 5.32 Å². The van der Waals surface area contributed by atoms with Crippen LogP contribution in [0.2, 0.25) is 0 Å². The van der Waals surface area contributed by atoms with E-state index < -0.39 is 21.9 Å². The van der Waals surface area contributed by atoms with Crippen LogP contribution in [0, 0.1) is 17.7 Å². The number of amides is 1. The van der Waals surface area contributed by atoms with E-state index in [1.54, 1.807) is 6.92 Å². The number of sulfonamides is 1. The van der Waals surface area contributed by atoms with Crippen LogP contribution in [0.4, 0.5) is 10.1 Å². The topological polar surface area (TPSA) is 66.5 Å². The summed E-state index contributed by atoms with van der Waals surface area (Å²) in [5.41, 5.74) is 0.287. The van der Waals surface area contributed by atoms with Crippen molar-refractivity contribution < 1.29 is 17.6 Å². The molecule has 4 atom stereocenters. The summed E-state index contributed by atoms with van der Waals surface area (Å²) >= 11 is 0. The van der Waals surface area contributed by atoms with Gasteiger partial charge in [0.05, 0.1) is 11.9 Å². The zero-order valence-corrected chi connectivity index (χ0v) is 14.7. The number of rotatable bonds is 5. The lowest BCUT2D eigenvalue weighted by Gasteiger charge is -2.31. The second-order valence-corrected chi connectivity index (χ2v) is 8.86. The molecule has 2 fully saturated rings. The smallest absolute Gasteiger partial charge is 0.243 e. The van der Waals surface area contributed by atoms with Gasteiger partial charge in [-0.15, -0.1) is 0 Å². The zero-order chi connectivity index (χ0) is 17.5. The maximum absolute atomic E-state index is 13.1. The summed E-state index contributed by atoms with van der Waals surface area (Å²) in [7, 11) is -3.67. The number of anilines is 1. The third-order valence-corrected chi connectivity index (χ3v) is 6.48. The molecule has 1 N–H and O–H groups in total. The molecule has 5 nitrogen and oxygen atoms in total. The number of nitrogens with zero attached hydrogens (tertiary/aromatic N) is 1. The van der Waals surface area contributed by atoms with E-state index in [9.17, 15) is 17.6 Å². The third kappa shape index (κ3) is 3.41. The molecule has 1 aromatic carbocycles. The Balaban J connectivity index is 1.77. The molecule has 2 saturated carbocycles. The average molecular weight is 354 g/mol. The predicted molar refractivity (Wildman–Crippen MR) is 90.6 cm³/mol. The largest absolute Gasteiger partial charge is 0.351 e. The van der Waals surface area contributed by atoms with Crippen LogP contribution in [0.5, 0.6) is 0 Å². The maximum Gasteiger partial charge on any atom is 0.243 e. The lowest BCUT2D eigenvalue weighted by molar-refractivity contribution is -0.122. The number of carbonyl (C=O) groups is 1. The number of benzene rings is 1. The first-order chi connectivity index (χ1) is 11.3. The van der Waals surface area contributed by atoms with Gasteiger partial charge in [0.2, 0.25) is 15.9 Å². The van der Waals surface area contributed by atoms with E-state index in [4.69, 9.17) is 0 Å². The van der Waals surface area contributed by atoms with E-state index in [-0.39, 0.29) is 17.6 Å². The maximum atomic E-state index is 13.1. The van der Waals surface area contributed by atoms with Crippen molar-refractivity contribution in [3.05, 3.63) is 30.1 Å². The molecule has 132 valence electrons. The number of fused-ring (bicyclic) bond motifs is 2. The van der Waals surface area contributed by atoms with Gasteiger partial charge < -0.3 is 5.32 Å². The first-order valence-electron chi connectivity index (χ1n) is 8.31. The Bertz CT molecular complexity index is 720. The molecular weight excluding hydrogens is 331 g/mol.